The first kappa shape index (κ1) is 13.8. The van der Waals surface area contributed by atoms with Gasteiger partial charge in [-0.15, -0.1) is 0 Å². The molecule has 2 amide bonds. The number of rotatable bonds is 5. The van der Waals surface area contributed by atoms with E-state index in [0.29, 0.717) is 12.3 Å². The van der Waals surface area contributed by atoms with E-state index in [1.165, 1.54) is 0 Å². The Kier molecular flexibility index (Phi) is 5.25. The molecule has 5 heteroatoms. The molecule has 1 unspecified atom stereocenters. The molecule has 0 aromatic rings. The van der Waals surface area contributed by atoms with Crippen molar-refractivity contribution in [2.24, 2.45) is 5.92 Å². The standard InChI is InChI=1S/C12H22N2O3/c1-3-5-9-6-7-14(8-9)12(17)13-10(4-2)11(15)16/h9-10H,3-8H2,1-2H3,(H,13,17)(H,15,16)/t9?,10-/m0/s1. The number of aliphatic carboxylic acids is 1. The molecule has 0 aromatic carbocycles. The van der Waals surface area contributed by atoms with Gasteiger partial charge in [-0.05, 0) is 25.2 Å². The number of urea groups is 1. The zero-order chi connectivity index (χ0) is 12.8. The minimum Gasteiger partial charge on any atom is -0.480 e. The summed E-state index contributed by atoms with van der Waals surface area (Å²) in [5.41, 5.74) is 0. The van der Waals surface area contributed by atoms with Crippen LogP contribution in [0.1, 0.15) is 39.5 Å². The van der Waals surface area contributed by atoms with Gasteiger partial charge in [0.25, 0.3) is 0 Å². The molecule has 98 valence electrons. The van der Waals surface area contributed by atoms with Crippen molar-refractivity contribution >= 4 is 12.0 Å². The van der Waals surface area contributed by atoms with Crippen molar-refractivity contribution in [2.45, 2.75) is 45.6 Å². The van der Waals surface area contributed by atoms with Gasteiger partial charge in [0.05, 0.1) is 0 Å². The number of amides is 2. The summed E-state index contributed by atoms with van der Waals surface area (Å²) in [6.45, 7) is 5.39. The van der Waals surface area contributed by atoms with Gasteiger partial charge in [0.15, 0.2) is 0 Å². The summed E-state index contributed by atoms with van der Waals surface area (Å²) in [6, 6.07) is -1.01. The molecule has 2 N–H and O–H groups in total. The number of carboxylic acid groups (broad SMARTS) is 1. The highest BCUT2D eigenvalue weighted by Gasteiger charge is 2.27. The number of carbonyl (C=O) groups excluding carboxylic acids is 1. The highest BCUT2D eigenvalue weighted by atomic mass is 16.4. The van der Waals surface area contributed by atoms with Crippen LogP contribution in [-0.2, 0) is 4.79 Å². The topological polar surface area (TPSA) is 69.6 Å². The Labute approximate surface area is 102 Å². The van der Waals surface area contributed by atoms with E-state index in [0.717, 1.165) is 32.4 Å². The lowest BCUT2D eigenvalue weighted by molar-refractivity contribution is -0.139. The lowest BCUT2D eigenvalue weighted by Gasteiger charge is -2.20. The van der Waals surface area contributed by atoms with Gasteiger partial charge in [0.2, 0.25) is 0 Å². The molecule has 0 aliphatic carbocycles. The fraction of sp³-hybridized carbons (Fsp3) is 0.833. The van der Waals surface area contributed by atoms with Crippen LogP contribution in [0.4, 0.5) is 4.79 Å². The number of hydrogen-bond acceptors (Lipinski definition) is 2. The van der Waals surface area contributed by atoms with E-state index in [1.54, 1.807) is 11.8 Å². The average molecular weight is 242 g/mol. The van der Waals surface area contributed by atoms with Crippen molar-refractivity contribution in [1.29, 1.82) is 0 Å². The predicted octanol–water partition coefficient (Wildman–Crippen LogP) is 1.68. The maximum atomic E-state index is 11.8. The van der Waals surface area contributed by atoms with E-state index in [1.807, 2.05) is 0 Å². The van der Waals surface area contributed by atoms with Crippen molar-refractivity contribution < 1.29 is 14.7 Å². The van der Waals surface area contributed by atoms with Crippen LogP contribution in [-0.4, -0.2) is 41.1 Å². The summed E-state index contributed by atoms with van der Waals surface area (Å²) in [7, 11) is 0. The first-order valence-electron chi connectivity index (χ1n) is 6.36. The summed E-state index contributed by atoms with van der Waals surface area (Å²) >= 11 is 0. The number of likely N-dealkylation sites (tertiary alicyclic amines) is 1. The molecule has 1 rings (SSSR count). The first-order valence-corrected chi connectivity index (χ1v) is 6.36. The molecule has 0 aromatic heterocycles. The molecule has 2 atom stereocenters. The summed E-state index contributed by atoms with van der Waals surface area (Å²) < 4.78 is 0. The average Bonchev–Trinajstić information content (AvgIpc) is 2.74. The third-order valence-electron chi connectivity index (χ3n) is 3.27. The fourth-order valence-corrected chi connectivity index (χ4v) is 2.24. The van der Waals surface area contributed by atoms with Gasteiger partial charge in [0.1, 0.15) is 6.04 Å². The number of hydrogen-bond donors (Lipinski definition) is 2. The van der Waals surface area contributed by atoms with Crippen LogP contribution in [0.25, 0.3) is 0 Å². The largest absolute Gasteiger partial charge is 0.480 e. The molecule has 17 heavy (non-hydrogen) atoms. The van der Waals surface area contributed by atoms with E-state index in [2.05, 4.69) is 12.2 Å². The zero-order valence-electron chi connectivity index (χ0n) is 10.6. The summed E-state index contributed by atoms with van der Waals surface area (Å²) in [6.07, 6.45) is 3.71. The van der Waals surface area contributed by atoms with Crippen molar-refractivity contribution in [3.8, 4) is 0 Å². The number of carbonyl (C=O) groups is 2. The quantitative estimate of drug-likeness (QED) is 0.770. The predicted molar refractivity (Wildman–Crippen MR) is 64.8 cm³/mol. The van der Waals surface area contributed by atoms with Crippen molar-refractivity contribution in [3.63, 3.8) is 0 Å². The minimum absolute atomic E-state index is 0.238. The van der Waals surface area contributed by atoms with E-state index in [-0.39, 0.29) is 6.03 Å². The van der Waals surface area contributed by atoms with Crippen LogP contribution < -0.4 is 5.32 Å². The van der Waals surface area contributed by atoms with Crippen LogP contribution in [0.2, 0.25) is 0 Å². The van der Waals surface area contributed by atoms with Crippen LogP contribution in [0.3, 0.4) is 0 Å². The number of nitrogens with one attached hydrogen (secondary N) is 1. The van der Waals surface area contributed by atoms with Gasteiger partial charge < -0.3 is 15.3 Å². The third kappa shape index (κ3) is 3.91. The Hall–Kier alpha value is -1.26. The second kappa shape index (κ2) is 6.47. The van der Waals surface area contributed by atoms with E-state index >= 15 is 0 Å². The summed E-state index contributed by atoms with van der Waals surface area (Å²) in [4.78, 5) is 24.4. The molecule has 0 spiro atoms. The van der Waals surface area contributed by atoms with Crippen molar-refractivity contribution in [3.05, 3.63) is 0 Å². The van der Waals surface area contributed by atoms with Crippen LogP contribution >= 0.6 is 0 Å². The lowest BCUT2D eigenvalue weighted by atomic mass is 10.0. The molecular weight excluding hydrogens is 220 g/mol. The molecule has 0 saturated carbocycles. The molecule has 1 aliphatic heterocycles. The monoisotopic (exact) mass is 242 g/mol. The lowest BCUT2D eigenvalue weighted by Crippen LogP contribution is -2.46. The normalized spacial score (nSPS) is 21.3. The SMILES string of the molecule is CCCC1CCN(C(=O)N[C@@H](CC)C(=O)O)C1. The zero-order valence-corrected chi connectivity index (χ0v) is 10.6. The van der Waals surface area contributed by atoms with Crippen molar-refractivity contribution in [2.75, 3.05) is 13.1 Å². The molecule has 5 nitrogen and oxygen atoms in total. The maximum Gasteiger partial charge on any atom is 0.326 e. The van der Waals surface area contributed by atoms with Crippen LogP contribution in [0.5, 0.6) is 0 Å². The van der Waals surface area contributed by atoms with Gasteiger partial charge >= 0.3 is 12.0 Å². The Bertz CT molecular complexity index is 281. The Morgan fingerprint density at radius 1 is 1.47 bits per heavy atom. The number of nitrogens with zero attached hydrogens (tertiary/aromatic N) is 1. The third-order valence-corrected chi connectivity index (χ3v) is 3.27. The highest BCUT2D eigenvalue weighted by molar-refractivity contribution is 5.82. The molecule has 1 fully saturated rings. The second-order valence-electron chi connectivity index (χ2n) is 4.64. The first-order chi connectivity index (χ1) is 8.08. The van der Waals surface area contributed by atoms with Crippen molar-refractivity contribution in [1.82, 2.24) is 10.2 Å². The summed E-state index contributed by atoms with van der Waals surface area (Å²) in [5, 5.41) is 11.4. The van der Waals surface area contributed by atoms with E-state index in [4.69, 9.17) is 5.11 Å². The van der Waals surface area contributed by atoms with Gasteiger partial charge in [-0.1, -0.05) is 20.3 Å². The molecule has 1 aliphatic rings. The Morgan fingerprint density at radius 3 is 2.71 bits per heavy atom. The highest BCUT2D eigenvalue weighted by Crippen LogP contribution is 2.20. The molecular formula is C12H22N2O3. The summed E-state index contributed by atoms with van der Waals surface area (Å²) in [5.74, 6) is -0.388. The molecule has 0 radical (unpaired) electrons. The minimum atomic E-state index is -0.967. The smallest absolute Gasteiger partial charge is 0.326 e. The van der Waals surface area contributed by atoms with Crippen LogP contribution in [0, 0.1) is 5.92 Å². The van der Waals surface area contributed by atoms with Crippen LogP contribution in [0.15, 0.2) is 0 Å². The second-order valence-corrected chi connectivity index (χ2v) is 4.64. The molecule has 1 saturated heterocycles. The van der Waals surface area contributed by atoms with E-state index in [9.17, 15) is 9.59 Å². The van der Waals surface area contributed by atoms with Gasteiger partial charge in [-0.3, -0.25) is 0 Å². The Morgan fingerprint density at radius 2 is 2.18 bits per heavy atom. The van der Waals surface area contributed by atoms with E-state index < -0.39 is 12.0 Å². The molecule has 1 heterocycles. The Balaban J connectivity index is 2.41. The van der Waals surface area contributed by atoms with Gasteiger partial charge in [0, 0.05) is 13.1 Å². The maximum absolute atomic E-state index is 11.8. The molecule has 0 bridgehead atoms. The van der Waals surface area contributed by atoms with Gasteiger partial charge in [-0.2, -0.15) is 0 Å². The fourth-order valence-electron chi connectivity index (χ4n) is 2.24. The van der Waals surface area contributed by atoms with Gasteiger partial charge in [-0.25, -0.2) is 9.59 Å². The number of carboxylic acids is 1.